The molecule has 0 aliphatic carbocycles. The summed E-state index contributed by atoms with van der Waals surface area (Å²) in [6.45, 7) is 4.07. The van der Waals surface area contributed by atoms with E-state index in [-0.39, 0.29) is 11.7 Å². The van der Waals surface area contributed by atoms with Crippen molar-refractivity contribution in [1.82, 2.24) is 0 Å². The average molecular weight is 375 g/mol. The van der Waals surface area contributed by atoms with Crippen LogP contribution in [0, 0.1) is 6.92 Å². The Morgan fingerprint density at radius 2 is 2.12 bits per heavy atom. The second kappa shape index (κ2) is 9.05. The molecule has 6 nitrogen and oxygen atoms in total. The molecule has 0 aliphatic rings. The molecule has 1 aromatic heterocycles. The van der Waals surface area contributed by atoms with E-state index < -0.39 is 5.97 Å². The number of carbonyl (C=O) groups is 2. The van der Waals surface area contributed by atoms with Crippen LogP contribution in [0.3, 0.4) is 0 Å². The normalized spacial score (nSPS) is 10.7. The average Bonchev–Trinajstić information content (AvgIpc) is 2.99. The number of hydrogen-bond acceptors (Lipinski definition) is 6. The predicted molar refractivity (Wildman–Crippen MR) is 102 cm³/mol. The van der Waals surface area contributed by atoms with Gasteiger partial charge in [-0.3, -0.25) is 4.79 Å². The van der Waals surface area contributed by atoms with Gasteiger partial charge in [0, 0.05) is 6.08 Å². The zero-order valence-corrected chi connectivity index (χ0v) is 15.7. The quantitative estimate of drug-likeness (QED) is 0.565. The number of benzene rings is 1. The molecule has 7 heteroatoms. The van der Waals surface area contributed by atoms with Gasteiger partial charge in [-0.2, -0.15) is 0 Å². The van der Waals surface area contributed by atoms with Crippen LogP contribution in [-0.2, 0) is 9.53 Å². The molecule has 0 radical (unpaired) electrons. The molecule has 0 saturated carbocycles. The van der Waals surface area contributed by atoms with Crippen molar-refractivity contribution in [2.45, 2.75) is 20.3 Å². The van der Waals surface area contributed by atoms with Gasteiger partial charge in [0.15, 0.2) is 11.5 Å². The molecule has 1 aromatic carbocycles. The molecule has 0 atom stereocenters. The molecule has 2 rings (SSSR count). The van der Waals surface area contributed by atoms with Gasteiger partial charge in [-0.25, -0.2) is 4.79 Å². The maximum Gasteiger partial charge on any atom is 0.350 e. The van der Waals surface area contributed by atoms with Gasteiger partial charge in [-0.1, -0.05) is 13.0 Å². The molecule has 138 valence electrons. The largest absolute Gasteiger partial charge is 0.504 e. The van der Waals surface area contributed by atoms with E-state index in [9.17, 15) is 14.7 Å². The van der Waals surface area contributed by atoms with Gasteiger partial charge in [0.2, 0.25) is 5.91 Å². The molecular formula is C19H21NO5S. The minimum absolute atomic E-state index is 0.0261. The van der Waals surface area contributed by atoms with Crippen LogP contribution in [0.4, 0.5) is 5.69 Å². The van der Waals surface area contributed by atoms with Crippen molar-refractivity contribution in [1.29, 1.82) is 0 Å². The number of phenolic OH excluding ortho intramolecular Hbond substituents is 1. The molecule has 0 saturated heterocycles. The molecule has 2 N–H and O–H groups in total. The van der Waals surface area contributed by atoms with Crippen LogP contribution in [0.5, 0.6) is 11.5 Å². The number of aromatic hydroxyl groups is 1. The minimum Gasteiger partial charge on any atom is -0.504 e. The first-order valence-electron chi connectivity index (χ1n) is 8.07. The lowest BCUT2D eigenvalue weighted by Crippen LogP contribution is -2.12. The number of aryl methyl sites for hydroxylation is 1. The Balaban J connectivity index is 2.10. The molecule has 1 heterocycles. The van der Waals surface area contributed by atoms with Crippen molar-refractivity contribution in [3.63, 3.8) is 0 Å². The maximum atomic E-state index is 12.2. The van der Waals surface area contributed by atoms with E-state index in [0.29, 0.717) is 28.5 Å². The number of rotatable bonds is 7. The fraction of sp³-hybridized carbons (Fsp3) is 0.263. The summed E-state index contributed by atoms with van der Waals surface area (Å²) >= 11 is 1.24. The number of carbonyl (C=O) groups excluding carboxylic acids is 2. The Kier molecular flexibility index (Phi) is 6.80. The lowest BCUT2D eigenvalue weighted by molar-refractivity contribution is -0.111. The smallest absolute Gasteiger partial charge is 0.350 e. The number of nitrogens with one attached hydrogen (secondary N) is 1. The van der Waals surface area contributed by atoms with Crippen LogP contribution in [0.2, 0.25) is 0 Å². The first-order valence-corrected chi connectivity index (χ1v) is 8.95. The van der Waals surface area contributed by atoms with Gasteiger partial charge in [-0.15, -0.1) is 11.3 Å². The van der Waals surface area contributed by atoms with Crippen LogP contribution in [0.1, 0.15) is 34.1 Å². The summed E-state index contributed by atoms with van der Waals surface area (Å²) in [6.07, 6.45) is 3.68. The number of thiophene rings is 1. The molecule has 0 fully saturated rings. The molecule has 0 aliphatic heterocycles. The summed E-state index contributed by atoms with van der Waals surface area (Å²) < 4.78 is 10.2. The molecule has 2 aromatic rings. The van der Waals surface area contributed by atoms with Crippen LogP contribution in [0.15, 0.2) is 29.7 Å². The number of ether oxygens (including phenoxy) is 2. The molecule has 1 amide bonds. The van der Waals surface area contributed by atoms with Crippen molar-refractivity contribution in [2.75, 3.05) is 19.0 Å². The number of hydrogen-bond donors (Lipinski definition) is 2. The minimum atomic E-state index is -0.437. The van der Waals surface area contributed by atoms with Crippen molar-refractivity contribution >= 4 is 35.0 Å². The zero-order valence-electron chi connectivity index (χ0n) is 14.9. The first-order chi connectivity index (χ1) is 12.5. The van der Waals surface area contributed by atoms with Crippen LogP contribution in [0.25, 0.3) is 6.08 Å². The Morgan fingerprint density at radius 1 is 1.35 bits per heavy atom. The molecular weight excluding hydrogens is 354 g/mol. The van der Waals surface area contributed by atoms with Gasteiger partial charge < -0.3 is 19.9 Å². The van der Waals surface area contributed by atoms with E-state index in [1.54, 1.807) is 23.6 Å². The Hall–Kier alpha value is -2.80. The summed E-state index contributed by atoms with van der Waals surface area (Å²) in [5, 5.41) is 14.1. The number of anilines is 1. The summed E-state index contributed by atoms with van der Waals surface area (Å²) in [6, 6.07) is 4.76. The van der Waals surface area contributed by atoms with E-state index in [1.807, 2.05) is 13.8 Å². The van der Waals surface area contributed by atoms with E-state index in [1.165, 1.54) is 30.6 Å². The fourth-order valence-corrected chi connectivity index (χ4v) is 3.04. The summed E-state index contributed by atoms with van der Waals surface area (Å²) in [5.74, 6) is -0.462. The van der Waals surface area contributed by atoms with E-state index in [0.717, 1.165) is 12.0 Å². The highest BCUT2D eigenvalue weighted by atomic mass is 32.1. The lowest BCUT2D eigenvalue weighted by Gasteiger charge is -2.07. The summed E-state index contributed by atoms with van der Waals surface area (Å²) in [5.41, 5.74) is 1.96. The van der Waals surface area contributed by atoms with Gasteiger partial charge in [0.25, 0.3) is 0 Å². The number of esters is 1. The van der Waals surface area contributed by atoms with Gasteiger partial charge in [0.1, 0.15) is 4.88 Å². The van der Waals surface area contributed by atoms with E-state index in [2.05, 4.69) is 5.32 Å². The van der Waals surface area contributed by atoms with Crippen molar-refractivity contribution < 1.29 is 24.2 Å². The monoisotopic (exact) mass is 375 g/mol. The topological polar surface area (TPSA) is 84.9 Å². The van der Waals surface area contributed by atoms with Gasteiger partial charge >= 0.3 is 5.97 Å². The summed E-state index contributed by atoms with van der Waals surface area (Å²) in [4.78, 5) is 24.7. The molecule has 0 spiro atoms. The Labute approximate surface area is 156 Å². The second-order valence-electron chi connectivity index (χ2n) is 5.51. The SMILES string of the molecule is CCCOC(=O)c1scc(C)c1NC(=O)/C=C/c1ccc(O)c(OC)c1. The standard InChI is InChI=1S/C19H21NO5S/c1-4-9-25-19(23)18-17(12(2)11-26-18)20-16(22)8-6-13-5-7-14(21)15(10-13)24-3/h5-8,10-11,21H,4,9H2,1-3H3,(H,20,22)/b8-6+. The molecule has 0 bridgehead atoms. The maximum absolute atomic E-state index is 12.2. The van der Waals surface area contributed by atoms with Crippen LogP contribution >= 0.6 is 11.3 Å². The highest BCUT2D eigenvalue weighted by Gasteiger charge is 2.18. The van der Waals surface area contributed by atoms with Crippen LogP contribution in [-0.4, -0.2) is 30.7 Å². The fourth-order valence-electron chi connectivity index (χ4n) is 2.14. The van der Waals surface area contributed by atoms with Crippen molar-refractivity contribution in [2.24, 2.45) is 0 Å². The van der Waals surface area contributed by atoms with Crippen LogP contribution < -0.4 is 10.1 Å². The number of phenols is 1. The second-order valence-corrected chi connectivity index (χ2v) is 6.39. The summed E-state index contributed by atoms with van der Waals surface area (Å²) in [7, 11) is 1.45. The number of methoxy groups -OCH3 is 1. The van der Waals surface area contributed by atoms with Gasteiger partial charge in [0.05, 0.1) is 19.4 Å². The highest BCUT2D eigenvalue weighted by molar-refractivity contribution is 7.12. The highest BCUT2D eigenvalue weighted by Crippen LogP contribution is 2.29. The van der Waals surface area contributed by atoms with Crippen molar-refractivity contribution in [3.8, 4) is 11.5 Å². The van der Waals surface area contributed by atoms with E-state index >= 15 is 0 Å². The van der Waals surface area contributed by atoms with Crippen molar-refractivity contribution in [3.05, 3.63) is 45.7 Å². The molecule has 0 unspecified atom stereocenters. The molecule has 26 heavy (non-hydrogen) atoms. The third-order valence-corrected chi connectivity index (χ3v) is 4.55. The first kappa shape index (κ1) is 19.5. The zero-order chi connectivity index (χ0) is 19.1. The van der Waals surface area contributed by atoms with E-state index in [4.69, 9.17) is 9.47 Å². The van der Waals surface area contributed by atoms with Gasteiger partial charge in [-0.05, 0) is 48.1 Å². The lowest BCUT2D eigenvalue weighted by atomic mass is 10.2. The Bertz CT molecular complexity index is 825. The predicted octanol–water partition coefficient (Wildman–Crippen LogP) is 3.99. The number of amides is 1. The Morgan fingerprint density at radius 3 is 2.81 bits per heavy atom. The third-order valence-electron chi connectivity index (χ3n) is 3.48. The third kappa shape index (κ3) is 4.86.